The first-order valence-corrected chi connectivity index (χ1v) is 9.80. The van der Waals surface area contributed by atoms with Crippen LogP contribution in [-0.2, 0) is 9.73 Å². The van der Waals surface area contributed by atoms with Gasteiger partial charge in [0, 0.05) is 41.0 Å². The van der Waals surface area contributed by atoms with Crippen molar-refractivity contribution in [2.24, 2.45) is 5.92 Å². The third-order valence-electron chi connectivity index (χ3n) is 4.58. The number of H-pyrrole nitrogens is 1. The zero-order valence-electron chi connectivity index (χ0n) is 13.1. The summed E-state index contributed by atoms with van der Waals surface area (Å²) in [5.41, 5.74) is 0.866. The largest absolute Gasteiger partial charge is 0.356 e. The minimum atomic E-state index is -2.37. The molecule has 3 rings (SSSR count). The van der Waals surface area contributed by atoms with E-state index in [1.165, 1.54) is 0 Å². The minimum absolute atomic E-state index is 0.428. The van der Waals surface area contributed by atoms with Crippen LogP contribution in [0, 0.1) is 10.7 Å². The van der Waals surface area contributed by atoms with Gasteiger partial charge in [-0.15, -0.1) is 0 Å². The molecular formula is C15H23N5OS. The van der Waals surface area contributed by atoms with Crippen LogP contribution < -0.4 is 4.90 Å². The predicted molar refractivity (Wildman–Crippen MR) is 89.7 cm³/mol. The van der Waals surface area contributed by atoms with E-state index in [4.69, 9.17) is 4.78 Å². The summed E-state index contributed by atoms with van der Waals surface area (Å²) in [4.78, 5) is 14.1. The maximum atomic E-state index is 11.6. The molecule has 0 aliphatic heterocycles. The molecule has 1 aliphatic carbocycles. The van der Waals surface area contributed by atoms with Crippen molar-refractivity contribution in [2.45, 2.75) is 31.7 Å². The summed E-state index contributed by atoms with van der Waals surface area (Å²) in [7, 11) is -0.283. The summed E-state index contributed by atoms with van der Waals surface area (Å²) in [5, 5.41) is 1.05. The Morgan fingerprint density at radius 1 is 1.36 bits per heavy atom. The summed E-state index contributed by atoms with van der Waals surface area (Å²) < 4.78 is 19.3. The van der Waals surface area contributed by atoms with E-state index in [9.17, 15) is 4.21 Å². The van der Waals surface area contributed by atoms with Gasteiger partial charge < -0.3 is 9.88 Å². The van der Waals surface area contributed by atoms with Crippen LogP contribution in [0.2, 0.25) is 0 Å². The van der Waals surface area contributed by atoms with Crippen LogP contribution >= 0.6 is 0 Å². The third kappa shape index (κ3) is 3.24. The summed E-state index contributed by atoms with van der Waals surface area (Å²) in [6.45, 7) is 0. The van der Waals surface area contributed by atoms with Crippen molar-refractivity contribution >= 4 is 26.6 Å². The first-order chi connectivity index (χ1) is 10.4. The normalized spacial score (nSPS) is 25.0. The van der Waals surface area contributed by atoms with E-state index in [1.807, 2.05) is 12.3 Å². The van der Waals surface area contributed by atoms with Gasteiger partial charge in [0.25, 0.3) is 0 Å². The average Bonchev–Trinajstić information content (AvgIpc) is 2.94. The lowest BCUT2D eigenvalue weighted by Crippen LogP contribution is -2.36. The van der Waals surface area contributed by atoms with Gasteiger partial charge in [0.15, 0.2) is 0 Å². The fourth-order valence-electron chi connectivity index (χ4n) is 3.46. The predicted octanol–water partition coefficient (Wildman–Crippen LogP) is 2.63. The summed E-state index contributed by atoms with van der Waals surface area (Å²) in [6.07, 6.45) is 9.25. The molecular weight excluding hydrogens is 298 g/mol. The van der Waals surface area contributed by atoms with Crippen molar-refractivity contribution in [3.8, 4) is 0 Å². The van der Waals surface area contributed by atoms with Crippen LogP contribution in [0.15, 0.2) is 18.6 Å². The van der Waals surface area contributed by atoms with Gasteiger partial charge in [-0.25, -0.2) is 9.97 Å². The summed E-state index contributed by atoms with van der Waals surface area (Å²) in [6, 6.07) is 2.46. The SMILES string of the molecule is CN(c1ncnc2[nH]ccc12)[C@H]1CC[C@@H](C[S@@](C)(=N)=O)CC1. The fraction of sp³-hybridized carbons (Fsp3) is 0.600. The average molecular weight is 321 g/mol. The maximum absolute atomic E-state index is 11.6. The Morgan fingerprint density at radius 2 is 2.09 bits per heavy atom. The second kappa shape index (κ2) is 5.87. The molecule has 0 unspecified atom stereocenters. The van der Waals surface area contributed by atoms with Crippen molar-refractivity contribution < 1.29 is 4.21 Å². The molecule has 1 aliphatic rings. The number of aromatic nitrogens is 3. The lowest BCUT2D eigenvalue weighted by molar-refractivity contribution is 0.342. The Morgan fingerprint density at radius 3 is 2.77 bits per heavy atom. The summed E-state index contributed by atoms with van der Waals surface area (Å²) in [5.74, 6) is 1.94. The monoisotopic (exact) mass is 321 g/mol. The Bertz CT molecular complexity index is 746. The van der Waals surface area contributed by atoms with Gasteiger partial charge in [0.1, 0.15) is 17.8 Å². The topological polar surface area (TPSA) is 85.7 Å². The molecule has 1 saturated carbocycles. The first-order valence-electron chi connectivity index (χ1n) is 7.66. The Labute approximate surface area is 131 Å². The van der Waals surface area contributed by atoms with Crippen LogP contribution in [0.25, 0.3) is 11.0 Å². The van der Waals surface area contributed by atoms with Crippen LogP contribution in [0.3, 0.4) is 0 Å². The Hall–Kier alpha value is -1.63. The zero-order chi connectivity index (χ0) is 15.7. The van der Waals surface area contributed by atoms with Crippen molar-refractivity contribution in [3.63, 3.8) is 0 Å². The van der Waals surface area contributed by atoms with Crippen LogP contribution in [0.1, 0.15) is 25.7 Å². The third-order valence-corrected chi connectivity index (χ3v) is 5.69. The molecule has 6 nitrogen and oxygen atoms in total. The molecule has 2 aromatic rings. The molecule has 0 radical (unpaired) electrons. The molecule has 2 aromatic heterocycles. The molecule has 0 amide bonds. The molecule has 7 heteroatoms. The molecule has 22 heavy (non-hydrogen) atoms. The molecule has 2 heterocycles. The van der Waals surface area contributed by atoms with Crippen molar-refractivity contribution in [1.29, 1.82) is 4.78 Å². The second-order valence-corrected chi connectivity index (χ2v) is 8.74. The van der Waals surface area contributed by atoms with E-state index < -0.39 is 9.73 Å². The highest BCUT2D eigenvalue weighted by atomic mass is 32.2. The van der Waals surface area contributed by atoms with E-state index in [1.54, 1.807) is 12.6 Å². The van der Waals surface area contributed by atoms with Crippen LogP contribution in [-0.4, -0.2) is 44.3 Å². The maximum Gasteiger partial charge on any atom is 0.142 e. The van der Waals surface area contributed by atoms with Gasteiger partial charge in [-0.1, -0.05) is 0 Å². The van der Waals surface area contributed by atoms with Gasteiger partial charge in [0.2, 0.25) is 0 Å². The number of rotatable bonds is 4. The lowest BCUT2D eigenvalue weighted by atomic mass is 9.86. The number of fused-ring (bicyclic) bond motifs is 1. The Balaban J connectivity index is 1.70. The van der Waals surface area contributed by atoms with E-state index in [0.29, 0.717) is 17.7 Å². The number of anilines is 1. The molecule has 1 fully saturated rings. The molecule has 1 atom stereocenters. The number of hydrogen-bond acceptors (Lipinski definition) is 5. The fourth-order valence-corrected chi connectivity index (χ4v) is 4.69. The molecule has 2 N–H and O–H groups in total. The second-order valence-electron chi connectivity index (χ2n) is 6.39. The summed E-state index contributed by atoms with van der Waals surface area (Å²) >= 11 is 0. The van der Waals surface area contributed by atoms with Crippen molar-refractivity contribution in [2.75, 3.05) is 24.0 Å². The minimum Gasteiger partial charge on any atom is -0.356 e. The van der Waals surface area contributed by atoms with E-state index >= 15 is 0 Å². The van der Waals surface area contributed by atoms with E-state index in [-0.39, 0.29) is 0 Å². The van der Waals surface area contributed by atoms with Gasteiger partial charge in [-0.2, -0.15) is 0 Å². The zero-order valence-corrected chi connectivity index (χ0v) is 13.9. The number of hydrogen-bond donors (Lipinski definition) is 2. The molecule has 120 valence electrons. The smallest absolute Gasteiger partial charge is 0.142 e. The van der Waals surface area contributed by atoms with Crippen LogP contribution in [0.5, 0.6) is 0 Å². The van der Waals surface area contributed by atoms with Gasteiger partial charge in [-0.3, -0.25) is 8.99 Å². The highest BCUT2D eigenvalue weighted by Crippen LogP contribution is 2.31. The van der Waals surface area contributed by atoms with Gasteiger partial charge >= 0.3 is 0 Å². The van der Waals surface area contributed by atoms with Crippen molar-refractivity contribution in [3.05, 3.63) is 18.6 Å². The number of aromatic amines is 1. The number of nitrogens with one attached hydrogen (secondary N) is 2. The van der Waals surface area contributed by atoms with Crippen LogP contribution in [0.4, 0.5) is 5.82 Å². The molecule has 0 saturated heterocycles. The molecule has 0 bridgehead atoms. The highest BCUT2D eigenvalue weighted by Gasteiger charge is 2.26. The van der Waals surface area contributed by atoms with Gasteiger partial charge in [0.05, 0.1) is 5.39 Å². The van der Waals surface area contributed by atoms with Crippen molar-refractivity contribution in [1.82, 2.24) is 15.0 Å². The lowest BCUT2D eigenvalue weighted by Gasteiger charge is -2.35. The standard InChI is InChI=1S/C15H23N5OS/c1-20(15-13-7-8-17-14(13)18-10-19-15)12-5-3-11(4-6-12)9-22(2,16)21/h7-8,10-12,16H,3-6,9H2,1-2H3,(H,17,18,19)/t11-,12+,22-/m0/s1. The van der Waals surface area contributed by atoms with E-state index in [0.717, 1.165) is 42.5 Å². The first kappa shape index (κ1) is 15.3. The molecule has 0 aromatic carbocycles. The van der Waals surface area contributed by atoms with Gasteiger partial charge in [-0.05, 0) is 37.7 Å². The quantitative estimate of drug-likeness (QED) is 0.906. The number of nitrogens with zero attached hydrogens (tertiary/aromatic N) is 3. The van der Waals surface area contributed by atoms with E-state index in [2.05, 4.69) is 26.9 Å². The Kier molecular flexibility index (Phi) is 4.08. The molecule has 0 spiro atoms. The highest BCUT2D eigenvalue weighted by molar-refractivity contribution is 7.91.